The topological polar surface area (TPSA) is 351 Å². The molecule has 0 aliphatic heterocycles. The number of rotatable bonds is 4. The lowest BCUT2D eigenvalue weighted by molar-refractivity contribution is -0.0980. The number of hydrogen-bond donors (Lipinski definition) is 12. The summed E-state index contributed by atoms with van der Waals surface area (Å²) in [5.74, 6) is 0. The fourth-order valence-corrected chi connectivity index (χ4v) is 0.300. The number of primary amides is 4. The summed E-state index contributed by atoms with van der Waals surface area (Å²) in [5.41, 5.74) is 15.0. The molecule has 4 amide bonds. The second-order valence-corrected chi connectivity index (χ2v) is 3.49. The van der Waals surface area contributed by atoms with Crippen LogP contribution in [0, 0.1) is 5.41 Å². The first-order chi connectivity index (χ1) is 12.2. The van der Waals surface area contributed by atoms with Crippen LogP contribution in [0.2, 0.25) is 0 Å². The summed E-state index contributed by atoms with van der Waals surface area (Å²) in [6.45, 7) is 0.375. The van der Waals surface area contributed by atoms with Crippen molar-refractivity contribution in [1.29, 1.82) is 0 Å². The SMILES string of the molecule is C=O.NC(=O)O.NC(=O)O.NC(=O)O.NC(=O)O.OCC(CO)(CO)CO. The molecule has 0 aromatic rings. The maximum Gasteiger partial charge on any atom is 0.402 e. The number of carbonyl (C=O) groups excluding carboxylic acids is 1. The summed E-state index contributed by atoms with van der Waals surface area (Å²) in [5, 5.41) is 62.8. The van der Waals surface area contributed by atoms with Crippen molar-refractivity contribution in [3.63, 3.8) is 0 Å². The Labute approximate surface area is 152 Å². The molecule has 0 rings (SSSR count). The summed E-state index contributed by atoms with van der Waals surface area (Å²) < 4.78 is 0. The lowest BCUT2D eigenvalue weighted by atomic mass is 9.93. The van der Waals surface area contributed by atoms with Crippen LogP contribution in [-0.2, 0) is 4.79 Å². The normalized spacial score (nSPS) is 7.70. The third kappa shape index (κ3) is 130. The van der Waals surface area contributed by atoms with E-state index in [4.69, 9.17) is 64.8 Å². The van der Waals surface area contributed by atoms with Gasteiger partial charge in [0.2, 0.25) is 0 Å². The molecular formula is C10H26N4O13. The van der Waals surface area contributed by atoms with Crippen LogP contribution in [0.5, 0.6) is 0 Å². The highest BCUT2D eigenvalue weighted by molar-refractivity contribution is 5.62. The predicted octanol–water partition coefficient (Wildman–Crippen LogP) is -3.75. The van der Waals surface area contributed by atoms with E-state index in [1.807, 2.05) is 6.79 Å². The van der Waals surface area contributed by atoms with Crippen molar-refractivity contribution in [2.45, 2.75) is 0 Å². The number of aliphatic hydroxyl groups excluding tert-OH is 4. The van der Waals surface area contributed by atoms with Crippen LogP contribution in [0.3, 0.4) is 0 Å². The first-order valence-corrected chi connectivity index (χ1v) is 5.83. The highest BCUT2D eigenvalue weighted by Crippen LogP contribution is 2.11. The van der Waals surface area contributed by atoms with Crippen LogP contribution in [0.15, 0.2) is 0 Å². The Morgan fingerprint density at radius 2 is 0.630 bits per heavy atom. The van der Waals surface area contributed by atoms with Crippen molar-refractivity contribution < 1.29 is 64.8 Å². The molecule has 0 spiro atoms. The molecule has 0 atom stereocenters. The smallest absolute Gasteiger partial charge is 0.402 e. The summed E-state index contributed by atoms with van der Waals surface area (Å²) in [4.78, 5) is 43.1. The number of carboxylic acid groups (broad SMARTS) is 4. The minimum atomic E-state index is -1.33. The van der Waals surface area contributed by atoms with Crippen molar-refractivity contribution in [1.82, 2.24) is 0 Å². The number of amides is 4. The minimum Gasteiger partial charge on any atom is -0.465 e. The Morgan fingerprint density at radius 3 is 0.630 bits per heavy atom. The lowest BCUT2D eigenvalue weighted by Gasteiger charge is -2.23. The van der Waals surface area contributed by atoms with E-state index < -0.39 is 56.2 Å². The molecular weight excluding hydrogens is 384 g/mol. The van der Waals surface area contributed by atoms with Gasteiger partial charge in [0.25, 0.3) is 0 Å². The van der Waals surface area contributed by atoms with Crippen LogP contribution in [-0.4, -0.2) is 98.4 Å². The van der Waals surface area contributed by atoms with E-state index in [0.717, 1.165) is 0 Å². The molecule has 0 saturated carbocycles. The van der Waals surface area contributed by atoms with Gasteiger partial charge in [-0.05, 0) is 0 Å². The standard InChI is InChI=1S/C5H12O4.4CH3NO2.CH2O/c6-1-5(2-7,3-8)4-9;4*2-1(3)4;1-2/h6-9H,1-4H2;4*2H2,(H,3,4);1H2. The largest absolute Gasteiger partial charge is 0.465 e. The zero-order valence-corrected chi connectivity index (χ0v) is 14.0. The molecule has 0 saturated heterocycles. The third-order valence-corrected chi connectivity index (χ3v) is 1.34. The van der Waals surface area contributed by atoms with Crippen LogP contribution >= 0.6 is 0 Å². The van der Waals surface area contributed by atoms with Gasteiger partial charge >= 0.3 is 24.4 Å². The zero-order valence-electron chi connectivity index (χ0n) is 14.0. The van der Waals surface area contributed by atoms with E-state index in [0.29, 0.717) is 0 Å². The molecule has 0 aromatic heterocycles. The fourth-order valence-electron chi connectivity index (χ4n) is 0.300. The molecule has 0 aromatic carbocycles. The zero-order chi connectivity index (χ0) is 23.6. The molecule has 0 radical (unpaired) electrons. The summed E-state index contributed by atoms with van der Waals surface area (Å²) in [6, 6.07) is 0. The minimum absolute atomic E-state index is 0.406. The second-order valence-electron chi connectivity index (χ2n) is 3.49. The molecule has 0 bridgehead atoms. The van der Waals surface area contributed by atoms with E-state index in [-0.39, 0.29) is 0 Å². The van der Waals surface area contributed by atoms with Gasteiger partial charge in [-0.3, -0.25) is 0 Å². The molecule has 27 heavy (non-hydrogen) atoms. The van der Waals surface area contributed by atoms with Gasteiger partial charge in [0.1, 0.15) is 6.79 Å². The van der Waals surface area contributed by atoms with Gasteiger partial charge in [-0.25, -0.2) is 19.2 Å². The van der Waals surface area contributed by atoms with Gasteiger partial charge in [0.05, 0.1) is 31.8 Å². The van der Waals surface area contributed by atoms with Crippen LogP contribution in [0.1, 0.15) is 0 Å². The van der Waals surface area contributed by atoms with Crippen LogP contribution in [0.25, 0.3) is 0 Å². The molecule has 0 aliphatic rings. The molecule has 17 nitrogen and oxygen atoms in total. The van der Waals surface area contributed by atoms with Gasteiger partial charge < -0.3 is 68.6 Å². The van der Waals surface area contributed by atoms with E-state index >= 15 is 0 Å². The Bertz CT molecular complexity index is 295. The molecule has 0 aliphatic carbocycles. The van der Waals surface area contributed by atoms with Crippen molar-refractivity contribution in [3.8, 4) is 0 Å². The summed E-state index contributed by atoms with van der Waals surface area (Å²) in [6.07, 6.45) is -5.33. The molecule has 17 heteroatoms. The molecule has 164 valence electrons. The van der Waals surface area contributed by atoms with Gasteiger partial charge in [0.15, 0.2) is 0 Å². The molecule has 0 unspecified atom stereocenters. The molecule has 0 heterocycles. The van der Waals surface area contributed by atoms with E-state index in [1.165, 1.54) is 0 Å². The second kappa shape index (κ2) is 30.5. The lowest BCUT2D eigenvalue weighted by Crippen LogP contribution is -2.37. The predicted molar refractivity (Wildman–Crippen MR) is 86.7 cm³/mol. The Kier molecular flexibility index (Phi) is 43.9. The maximum atomic E-state index is 8.78. The summed E-state index contributed by atoms with van der Waals surface area (Å²) in [7, 11) is 0. The van der Waals surface area contributed by atoms with Gasteiger partial charge in [-0.2, -0.15) is 0 Å². The van der Waals surface area contributed by atoms with E-state index in [2.05, 4.69) is 22.9 Å². The number of hydrogen-bond acceptors (Lipinski definition) is 9. The van der Waals surface area contributed by atoms with Gasteiger partial charge in [-0.1, -0.05) is 0 Å². The number of carbonyl (C=O) groups is 5. The van der Waals surface area contributed by atoms with Gasteiger partial charge in [0, 0.05) is 0 Å². The third-order valence-electron chi connectivity index (χ3n) is 1.34. The monoisotopic (exact) mass is 410 g/mol. The van der Waals surface area contributed by atoms with Crippen molar-refractivity contribution >= 4 is 31.2 Å². The Balaban J connectivity index is -0.0000000528. The number of aliphatic hydroxyl groups is 4. The Morgan fingerprint density at radius 1 is 0.556 bits per heavy atom. The van der Waals surface area contributed by atoms with E-state index in [9.17, 15) is 0 Å². The van der Waals surface area contributed by atoms with E-state index in [1.54, 1.807) is 0 Å². The fraction of sp³-hybridized carbons (Fsp3) is 0.500. The van der Waals surface area contributed by atoms with Crippen molar-refractivity contribution in [2.75, 3.05) is 26.4 Å². The molecule has 0 fully saturated rings. The maximum absolute atomic E-state index is 8.78. The van der Waals surface area contributed by atoms with Crippen LogP contribution < -0.4 is 22.9 Å². The van der Waals surface area contributed by atoms with Crippen molar-refractivity contribution in [2.24, 2.45) is 28.3 Å². The number of nitrogens with two attached hydrogens (primary N) is 4. The van der Waals surface area contributed by atoms with Crippen molar-refractivity contribution in [3.05, 3.63) is 0 Å². The Hall–Kier alpha value is -3.41. The average Bonchev–Trinajstić information content (AvgIpc) is 2.50. The first-order valence-electron chi connectivity index (χ1n) is 5.83. The highest BCUT2D eigenvalue weighted by atomic mass is 16.4. The van der Waals surface area contributed by atoms with Gasteiger partial charge in [-0.15, -0.1) is 0 Å². The highest BCUT2D eigenvalue weighted by Gasteiger charge is 2.26. The average molecular weight is 410 g/mol. The first kappa shape index (κ1) is 38.9. The van der Waals surface area contributed by atoms with Crippen LogP contribution in [0.4, 0.5) is 19.2 Å². The molecule has 16 N–H and O–H groups in total. The quantitative estimate of drug-likeness (QED) is 0.212. The summed E-state index contributed by atoms with van der Waals surface area (Å²) >= 11 is 0.